The van der Waals surface area contributed by atoms with Crippen LogP contribution < -0.4 is 5.32 Å². The molecule has 0 spiro atoms. The molecule has 0 aliphatic rings. The maximum Gasteiger partial charge on any atom is 0.338 e. The minimum atomic E-state index is -1.22. The Morgan fingerprint density at radius 1 is 1.33 bits per heavy atom. The van der Waals surface area contributed by atoms with E-state index in [9.17, 15) is 14.3 Å². The van der Waals surface area contributed by atoms with Gasteiger partial charge in [-0.15, -0.1) is 0 Å². The first-order valence-electron chi connectivity index (χ1n) is 6.08. The highest BCUT2D eigenvalue weighted by Crippen LogP contribution is 2.31. The summed E-state index contributed by atoms with van der Waals surface area (Å²) < 4.78 is 22.3. The lowest BCUT2D eigenvalue weighted by molar-refractivity contribution is 0.0697. The van der Waals surface area contributed by atoms with Crippen molar-refractivity contribution in [2.45, 2.75) is 6.92 Å². The number of nitrogens with one attached hydrogen (secondary N) is 1. The molecule has 0 atom stereocenters. The zero-order valence-corrected chi connectivity index (χ0v) is 11.7. The number of para-hydroxylation sites is 1. The lowest BCUT2D eigenvalue weighted by Gasteiger charge is -2.12. The quantitative estimate of drug-likeness (QED) is 0.773. The van der Waals surface area contributed by atoms with E-state index in [0.29, 0.717) is 5.69 Å². The van der Waals surface area contributed by atoms with Gasteiger partial charge in [0.2, 0.25) is 0 Å². The number of carboxylic acid groups (broad SMARTS) is 1. The fourth-order valence-electron chi connectivity index (χ4n) is 2.03. The first-order valence-corrected chi connectivity index (χ1v) is 6.81. The normalized spacial score (nSPS) is 10.8. The highest BCUT2D eigenvalue weighted by molar-refractivity contribution is 7.00. The van der Waals surface area contributed by atoms with E-state index in [1.807, 2.05) is 19.1 Å². The molecular weight excluding hydrogens is 293 g/mol. The Morgan fingerprint density at radius 3 is 2.81 bits per heavy atom. The van der Waals surface area contributed by atoms with E-state index in [0.717, 1.165) is 17.3 Å². The van der Waals surface area contributed by atoms with Crippen LogP contribution >= 0.6 is 11.7 Å². The largest absolute Gasteiger partial charge is 0.478 e. The summed E-state index contributed by atoms with van der Waals surface area (Å²) in [7, 11) is 0. The van der Waals surface area contributed by atoms with E-state index in [-0.39, 0.29) is 22.3 Å². The predicted octanol–water partition coefficient (Wildman–Crippen LogP) is 3.58. The fourth-order valence-corrected chi connectivity index (χ4v) is 2.55. The summed E-state index contributed by atoms with van der Waals surface area (Å²) in [4.78, 5) is 11.4. The number of halogens is 1. The second-order valence-corrected chi connectivity index (χ2v) is 5.02. The van der Waals surface area contributed by atoms with Gasteiger partial charge in [0.1, 0.15) is 11.0 Å². The van der Waals surface area contributed by atoms with E-state index < -0.39 is 11.8 Å². The maximum atomic E-state index is 14.5. The molecule has 2 N–H and O–H groups in total. The smallest absolute Gasteiger partial charge is 0.338 e. The van der Waals surface area contributed by atoms with Crippen LogP contribution in [0.3, 0.4) is 0 Å². The third-order valence-electron chi connectivity index (χ3n) is 3.13. The first kappa shape index (κ1) is 13.4. The van der Waals surface area contributed by atoms with Crippen molar-refractivity contribution in [1.29, 1.82) is 0 Å². The summed E-state index contributed by atoms with van der Waals surface area (Å²) in [6, 6.07) is 8.57. The van der Waals surface area contributed by atoms with Gasteiger partial charge in [0.15, 0.2) is 5.82 Å². The van der Waals surface area contributed by atoms with Gasteiger partial charge >= 0.3 is 5.97 Å². The number of rotatable bonds is 3. The van der Waals surface area contributed by atoms with Crippen molar-refractivity contribution in [3.05, 3.63) is 47.3 Å². The fraction of sp³-hybridized carbons (Fsp3) is 0.0714. The van der Waals surface area contributed by atoms with E-state index in [4.69, 9.17) is 0 Å². The Hall–Kier alpha value is -2.54. The molecule has 7 heteroatoms. The van der Waals surface area contributed by atoms with Gasteiger partial charge in [-0.2, -0.15) is 8.75 Å². The molecule has 21 heavy (non-hydrogen) atoms. The molecule has 3 aromatic rings. The predicted molar refractivity (Wildman–Crippen MR) is 78.8 cm³/mol. The summed E-state index contributed by atoms with van der Waals surface area (Å²) in [5, 5.41) is 12.1. The number of nitrogens with zero attached hydrogens (tertiary/aromatic N) is 2. The zero-order chi connectivity index (χ0) is 15.0. The third kappa shape index (κ3) is 2.31. The number of carbonyl (C=O) groups is 1. The number of aromatic carboxylic acids is 1. The molecule has 2 aromatic carbocycles. The summed E-state index contributed by atoms with van der Waals surface area (Å²) in [5.74, 6) is -1.93. The van der Waals surface area contributed by atoms with Gasteiger partial charge in [-0.25, -0.2) is 9.18 Å². The van der Waals surface area contributed by atoms with E-state index in [1.54, 1.807) is 12.1 Å². The van der Waals surface area contributed by atoms with Crippen LogP contribution in [0.25, 0.3) is 11.0 Å². The summed E-state index contributed by atoms with van der Waals surface area (Å²) in [6.45, 7) is 1.85. The average Bonchev–Trinajstić information content (AvgIpc) is 2.92. The molecule has 0 aliphatic carbocycles. The molecule has 5 nitrogen and oxygen atoms in total. The van der Waals surface area contributed by atoms with Gasteiger partial charge in [0, 0.05) is 5.69 Å². The maximum absolute atomic E-state index is 14.5. The van der Waals surface area contributed by atoms with Crippen molar-refractivity contribution in [2.75, 3.05) is 5.32 Å². The number of carboxylic acids is 1. The molecule has 1 heterocycles. The number of hydrogen-bond donors (Lipinski definition) is 2. The lowest BCUT2D eigenvalue weighted by atomic mass is 10.1. The Kier molecular flexibility index (Phi) is 3.26. The number of aryl methyl sites for hydroxylation is 1. The van der Waals surface area contributed by atoms with Crippen LogP contribution in [-0.4, -0.2) is 19.8 Å². The van der Waals surface area contributed by atoms with Crippen LogP contribution in [0.15, 0.2) is 30.3 Å². The summed E-state index contributed by atoms with van der Waals surface area (Å²) >= 11 is 0.845. The van der Waals surface area contributed by atoms with Gasteiger partial charge in [-0.1, -0.05) is 18.2 Å². The Balaban J connectivity index is 2.20. The monoisotopic (exact) mass is 303 g/mol. The van der Waals surface area contributed by atoms with Crippen molar-refractivity contribution < 1.29 is 14.3 Å². The first-order chi connectivity index (χ1) is 10.1. The Labute approximate surface area is 123 Å². The standard InChI is InChI=1S/C14H10FN3O2S/c1-7-4-2-3-5-9(7)16-12-8(14(19)20)6-10-13(11(12)15)18-21-17-10/h2-6,16H,1H3,(H,19,20). The minimum Gasteiger partial charge on any atom is -0.478 e. The number of anilines is 2. The van der Waals surface area contributed by atoms with Crippen LogP contribution in [0.1, 0.15) is 15.9 Å². The molecule has 0 amide bonds. The summed E-state index contributed by atoms with van der Waals surface area (Å²) in [5.41, 5.74) is 1.56. The zero-order valence-electron chi connectivity index (χ0n) is 10.9. The number of aromatic nitrogens is 2. The molecule has 0 saturated heterocycles. The second-order valence-electron chi connectivity index (χ2n) is 4.49. The van der Waals surface area contributed by atoms with Gasteiger partial charge in [0.25, 0.3) is 0 Å². The van der Waals surface area contributed by atoms with Crippen molar-refractivity contribution in [3.63, 3.8) is 0 Å². The highest BCUT2D eigenvalue weighted by Gasteiger charge is 2.21. The molecule has 0 aliphatic heterocycles. The van der Waals surface area contributed by atoms with E-state index in [2.05, 4.69) is 14.1 Å². The van der Waals surface area contributed by atoms with Gasteiger partial charge < -0.3 is 10.4 Å². The summed E-state index contributed by atoms with van der Waals surface area (Å²) in [6.07, 6.45) is 0. The number of fused-ring (bicyclic) bond motifs is 1. The Bertz CT molecular complexity index is 847. The number of benzene rings is 2. The van der Waals surface area contributed by atoms with Crippen molar-refractivity contribution in [1.82, 2.24) is 8.75 Å². The molecule has 106 valence electrons. The SMILES string of the molecule is Cc1ccccc1Nc1c(C(=O)O)cc2nsnc2c1F. The minimum absolute atomic E-state index is 0.0704. The molecule has 0 saturated carbocycles. The van der Waals surface area contributed by atoms with Gasteiger partial charge in [-0.3, -0.25) is 0 Å². The average molecular weight is 303 g/mol. The molecule has 0 fully saturated rings. The van der Waals surface area contributed by atoms with Crippen LogP contribution in [0, 0.1) is 12.7 Å². The third-order valence-corrected chi connectivity index (χ3v) is 3.67. The van der Waals surface area contributed by atoms with E-state index in [1.165, 1.54) is 6.07 Å². The van der Waals surface area contributed by atoms with Crippen LogP contribution in [0.5, 0.6) is 0 Å². The van der Waals surface area contributed by atoms with Crippen molar-refractivity contribution >= 4 is 40.1 Å². The Morgan fingerprint density at radius 2 is 2.10 bits per heavy atom. The van der Waals surface area contributed by atoms with Crippen molar-refractivity contribution in [2.24, 2.45) is 0 Å². The molecule has 3 rings (SSSR count). The molecule has 0 radical (unpaired) electrons. The topological polar surface area (TPSA) is 75.1 Å². The van der Waals surface area contributed by atoms with E-state index >= 15 is 0 Å². The van der Waals surface area contributed by atoms with Crippen LogP contribution in [0.2, 0.25) is 0 Å². The van der Waals surface area contributed by atoms with Gasteiger partial charge in [-0.05, 0) is 24.6 Å². The lowest BCUT2D eigenvalue weighted by Crippen LogP contribution is -2.06. The molecule has 0 unspecified atom stereocenters. The highest BCUT2D eigenvalue weighted by atomic mass is 32.1. The number of hydrogen-bond acceptors (Lipinski definition) is 5. The molecular formula is C14H10FN3O2S. The second kappa shape index (κ2) is 5.10. The molecule has 1 aromatic heterocycles. The van der Waals surface area contributed by atoms with Crippen molar-refractivity contribution in [3.8, 4) is 0 Å². The van der Waals surface area contributed by atoms with Crippen LogP contribution in [-0.2, 0) is 0 Å². The molecule has 0 bridgehead atoms. The van der Waals surface area contributed by atoms with Gasteiger partial charge in [0.05, 0.1) is 23.0 Å². The van der Waals surface area contributed by atoms with Crippen LogP contribution in [0.4, 0.5) is 15.8 Å².